The zero-order valence-corrected chi connectivity index (χ0v) is 15.2. The molecule has 1 aromatic carbocycles. The van der Waals surface area contributed by atoms with Crippen molar-refractivity contribution < 1.29 is 0 Å². The number of fused-ring (bicyclic) bond motifs is 1. The van der Waals surface area contributed by atoms with Gasteiger partial charge in [-0.25, -0.2) is 0 Å². The minimum atomic E-state index is -0.262. The number of rotatable bonds is 2. The Kier molecular flexibility index (Phi) is 4.18. The highest BCUT2D eigenvalue weighted by atomic mass is 79.9. The minimum Gasteiger partial charge on any atom is -0.338 e. The van der Waals surface area contributed by atoms with Crippen LogP contribution in [0, 0.1) is 11.3 Å². The summed E-state index contributed by atoms with van der Waals surface area (Å²) in [7, 11) is 0. The van der Waals surface area contributed by atoms with Crippen LogP contribution >= 0.6 is 15.9 Å². The molecule has 126 valence electrons. The molecule has 6 heteroatoms. The van der Waals surface area contributed by atoms with Gasteiger partial charge in [0.25, 0.3) is 5.56 Å². The predicted molar refractivity (Wildman–Crippen MR) is 99.5 cm³/mol. The molecular formula is C19H17BrN4O. The maximum Gasteiger partial charge on any atom is 0.274 e. The summed E-state index contributed by atoms with van der Waals surface area (Å²) in [5.41, 5.74) is 3.47. The fraction of sp³-hybridized carbons (Fsp3) is 0.316. The van der Waals surface area contributed by atoms with Crippen molar-refractivity contribution >= 4 is 21.6 Å². The van der Waals surface area contributed by atoms with E-state index in [2.05, 4.69) is 44.2 Å². The first-order valence-electron chi connectivity index (χ1n) is 8.49. The van der Waals surface area contributed by atoms with Crippen molar-refractivity contribution in [2.24, 2.45) is 0 Å². The lowest BCUT2D eigenvalue weighted by Crippen LogP contribution is -2.14. The van der Waals surface area contributed by atoms with Gasteiger partial charge in [-0.1, -0.05) is 43.5 Å². The van der Waals surface area contributed by atoms with Crippen molar-refractivity contribution in [1.29, 1.82) is 5.26 Å². The third kappa shape index (κ3) is 2.89. The van der Waals surface area contributed by atoms with Crippen LogP contribution in [0.1, 0.15) is 49.1 Å². The van der Waals surface area contributed by atoms with Crippen LogP contribution in [0.2, 0.25) is 0 Å². The SMILES string of the molecule is N#Cc1c(Br)nn2c(=O)cc(-c3ccc(C4CCCCC4)cc3)[nH]c12. The molecule has 2 aromatic heterocycles. The van der Waals surface area contributed by atoms with Crippen LogP contribution in [-0.2, 0) is 0 Å². The summed E-state index contributed by atoms with van der Waals surface area (Å²) in [6.45, 7) is 0. The molecule has 4 rings (SSSR count). The summed E-state index contributed by atoms with van der Waals surface area (Å²) >= 11 is 3.22. The normalized spacial score (nSPS) is 15.4. The quantitative estimate of drug-likeness (QED) is 0.698. The first-order valence-corrected chi connectivity index (χ1v) is 9.28. The molecule has 0 atom stereocenters. The Bertz CT molecular complexity index is 1020. The summed E-state index contributed by atoms with van der Waals surface area (Å²) < 4.78 is 1.58. The van der Waals surface area contributed by atoms with Crippen LogP contribution < -0.4 is 5.56 Å². The highest BCUT2D eigenvalue weighted by Crippen LogP contribution is 2.33. The molecule has 0 aliphatic heterocycles. The number of benzene rings is 1. The van der Waals surface area contributed by atoms with Crippen LogP contribution in [0.15, 0.2) is 39.7 Å². The van der Waals surface area contributed by atoms with Crippen molar-refractivity contribution in [3.63, 3.8) is 0 Å². The molecule has 5 nitrogen and oxygen atoms in total. The molecule has 1 N–H and O–H groups in total. The van der Waals surface area contributed by atoms with E-state index in [1.165, 1.54) is 48.2 Å². The molecule has 1 saturated carbocycles. The number of aromatic amines is 1. The third-order valence-corrected chi connectivity index (χ3v) is 5.54. The van der Waals surface area contributed by atoms with Crippen molar-refractivity contribution in [3.05, 3.63) is 56.4 Å². The molecule has 1 aliphatic carbocycles. The van der Waals surface area contributed by atoms with Crippen molar-refractivity contribution in [2.75, 3.05) is 0 Å². The van der Waals surface area contributed by atoms with E-state index < -0.39 is 0 Å². The second-order valence-corrected chi connectivity index (χ2v) is 7.27. The number of halogens is 1. The van der Waals surface area contributed by atoms with Gasteiger partial charge < -0.3 is 4.98 Å². The Morgan fingerprint density at radius 2 is 1.92 bits per heavy atom. The zero-order chi connectivity index (χ0) is 17.4. The Morgan fingerprint density at radius 1 is 1.20 bits per heavy atom. The number of hydrogen-bond acceptors (Lipinski definition) is 3. The molecule has 1 aliphatic rings. The Morgan fingerprint density at radius 3 is 2.60 bits per heavy atom. The smallest absolute Gasteiger partial charge is 0.274 e. The summed E-state index contributed by atoms with van der Waals surface area (Å²) in [6.07, 6.45) is 6.49. The molecule has 0 amide bonds. The summed E-state index contributed by atoms with van der Waals surface area (Å²) in [6, 6.07) is 12.0. The molecular weight excluding hydrogens is 380 g/mol. The maximum atomic E-state index is 12.3. The molecule has 0 saturated heterocycles. The number of nitriles is 1. The van der Waals surface area contributed by atoms with Gasteiger partial charge in [0.1, 0.15) is 16.2 Å². The lowest BCUT2D eigenvalue weighted by molar-refractivity contribution is 0.443. The van der Waals surface area contributed by atoms with Crippen LogP contribution in [0.5, 0.6) is 0 Å². The summed E-state index contributed by atoms with van der Waals surface area (Å²) in [5, 5.41) is 13.3. The number of aromatic nitrogens is 3. The molecule has 0 bridgehead atoms. The number of nitrogens with zero attached hydrogens (tertiary/aromatic N) is 3. The summed E-state index contributed by atoms with van der Waals surface area (Å²) in [5.74, 6) is 0.653. The fourth-order valence-electron chi connectivity index (χ4n) is 3.64. The molecule has 3 aromatic rings. The van der Waals surface area contributed by atoms with Gasteiger partial charge in [0, 0.05) is 6.07 Å². The van der Waals surface area contributed by atoms with Crippen LogP contribution in [0.4, 0.5) is 0 Å². The highest BCUT2D eigenvalue weighted by Gasteiger charge is 2.16. The maximum absolute atomic E-state index is 12.3. The Labute approximate surface area is 153 Å². The number of nitrogens with one attached hydrogen (secondary N) is 1. The predicted octanol–water partition coefficient (Wildman–Crippen LogP) is 4.37. The molecule has 1 fully saturated rings. The van der Waals surface area contributed by atoms with Gasteiger partial charge in [-0.15, -0.1) is 0 Å². The van der Waals surface area contributed by atoms with Gasteiger partial charge in [0.15, 0.2) is 5.65 Å². The molecule has 0 unspecified atom stereocenters. The van der Waals surface area contributed by atoms with E-state index in [9.17, 15) is 10.1 Å². The van der Waals surface area contributed by atoms with Gasteiger partial charge >= 0.3 is 0 Å². The fourth-order valence-corrected chi connectivity index (χ4v) is 4.07. The number of hydrogen-bond donors (Lipinski definition) is 1. The van der Waals surface area contributed by atoms with Crippen LogP contribution in [-0.4, -0.2) is 14.6 Å². The lowest BCUT2D eigenvalue weighted by Gasteiger charge is -2.22. The lowest BCUT2D eigenvalue weighted by atomic mass is 9.84. The average molecular weight is 397 g/mol. The van der Waals surface area contributed by atoms with Gasteiger partial charge in [0.2, 0.25) is 0 Å². The monoisotopic (exact) mass is 396 g/mol. The molecule has 0 radical (unpaired) electrons. The summed E-state index contributed by atoms with van der Waals surface area (Å²) in [4.78, 5) is 15.5. The molecule has 0 spiro atoms. The van der Waals surface area contributed by atoms with Gasteiger partial charge in [-0.3, -0.25) is 4.79 Å². The first kappa shape index (κ1) is 16.1. The number of H-pyrrole nitrogens is 1. The third-order valence-electron chi connectivity index (χ3n) is 4.98. The van der Waals surface area contributed by atoms with Gasteiger partial charge in [0.05, 0.1) is 5.69 Å². The van der Waals surface area contributed by atoms with Crippen LogP contribution in [0.25, 0.3) is 16.9 Å². The van der Waals surface area contributed by atoms with E-state index in [0.29, 0.717) is 27.4 Å². The van der Waals surface area contributed by atoms with Crippen molar-refractivity contribution in [1.82, 2.24) is 14.6 Å². The second kappa shape index (κ2) is 6.49. The Balaban J connectivity index is 1.74. The standard InChI is InChI=1S/C19H17BrN4O/c20-18-15(11-21)19-22-16(10-17(25)24(19)23-18)14-8-6-13(7-9-14)12-4-2-1-3-5-12/h6-10,12,22H,1-5H2. The highest BCUT2D eigenvalue weighted by molar-refractivity contribution is 9.10. The van der Waals surface area contributed by atoms with Crippen molar-refractivity contribution in [2.45, 2.75) is 38.0 Å². The van der Waals surface area contributed by atoms with Crippen molar-refractivity contribution in [3.8, 4) is 17.3 Å². The first-order chi connectivity index (χ1) is 12.2. The molecule has 25 heavy (non-hydrogen) atoms. The van der Waals surface area contributed by atoms with E-state index in [-0.39, 0.29) is 5.56 Å². The molecule has 2 heterocycles. The van der Waals surface area contributed by atoms with E-state index in [4.69, 9.17) is 0 Å². The second-order valence-electron chi connectivity index (χ2n) is 6.52. The Hall–Kier alpha value is -2.39. The van der Waals surface area contributed by atoms with Crippen LogP contribution in [0.3, 0.4) is 0 Å². The van der Waals surface area contributed by atoms with Gasteiger partial charge in [-0.05, 0) is 45.8 Å². The minimum absolute atomic E-state index is 0.262. The van der Waals surface area contributed by atoms with Gasteiger partial charge in [-0.2, -0.15) is 14.9 Å². The van der Waals surface area contributed by atoms with E-state index in [1.54, 1.807) is 0 Å². The zero-order valence-electron chi connectivity index (χ0n) is 13.6. The van der Waals surface area contributed by atoms with E-state index in [1.807, 2.05) is 12.1 Å². The largest absolute Gasteiger partial charge is 0.338 e. The average Bonchev–Trinajstić information content (AvgIpc) is 2.98. The van der Waals surface area contributed by atoms with E-state index >= 15 is 0 Å². The van der Waals surface area contributed by atoms with E-state index in [0.717, 1.165) is 5.56 Å². The topological polar surface area (TPSA) is 74.0 Å².